The molecule has 0 bridgehead atoms. The first-order valence-electron chi connectivity index (χ1n) is 6.58. The Kier molecular flexibility index (Phi) is 3.03. The Morgan fingerprint density at radius 2 is 2.14 bits per heavy atom. The first-order valence-corrected chi connectivity index (χ1v) is 6.58. The number of aliphatic hydroxyl groups is 2. The second kappa shape index (κ2) is 4.48. The molecule has 2 aromatic rings. The van der Waals surface area contributed by atoms with E-state index in [-0.39, 0.29) is 11.6 Å². The Morgan fingerprint density at radius 3 is 2.68 bits per heavy atom. The topological polar surface area (TPSA) is 123 Å². The van der Waals surface area contributed by atoms with Crippen LogP contribution in [0.25, 0.3) is 11.2 Å². The van der Waals surface area contributed by atoms with Gasteiger partial charge in [0.15, 0.2) is 23.2 Å². The number of ether oxygens (including phenoxy) is 1. The zero-order chi connectivity index (χ0) is 16.3. The highest BCUT2D eigenvalue weighted by atomic mass is 19.1. The number of aromatic nitrogens is 4. The van der Waals surface area contributed by atoms with Crippen LogP contribution in [0.15, 0.2) is 6.33 Å². The quantitative estimate of drug-likeness (QED) is 0.629. The maximum atomic E-state index is 14.7. The van der Waals surface area contributed by atoms with Crippen LogP contribution in [0.1, 0.15) is 13.2 Å². The van der Waals surface area contributed by atoms with Crippen LogP contribution >= 0.6 is 0 Å². The van der Waals surface area contributed by atoms with Gasteiger partial charge in [0.2, 0.25) is 17.4 Å². The molecule has 0 aromatic carbocycles. The number of hydrogen-bond acceptors (Lipinski definition) is 8. The van der Waals surface area contributed by atoms with E-state index in [0.717, 1.165) is 6.92 Å². The van der Waals surface area contributed by atoms with E-state index in [1.54, 1.807) is 19.0 Å². The van der Waals surface area contributed by atoms with Gasteiger partial charge in [-0.1, -0.05) is 0 Å². The van der Waals surface area contributed by atoms with Crippen molar-refractivity contribution in [2.75, 3.05) is 31.3 Å². The fourth-order valence-electron chi connectivity index (χ4n) is 2.43. The highest BCUT2D eigenvalue weighted by Gasteiger charge is 2.60. The summed E-state index contributed by atoms with van der Waals surface area (Å²) in [5.74, 6) is -2.13. The van der Waals surface area contributed by atoms with E-state index < -0.39 is 24.3 Å². The predicted molar refractivity (Wildman–Crippen MR) is 75.7 cm³/mol. The van der Waals surface area contributed by atoms with Crippen LogP contribution in [0.2, 0.25) is 0 Å². The van der Waals surface area contributed by atoms with E-state index in [9.17, 15) is 14.6 Å². The number of rotatable bonds is 2. The van der Waals surface area contributed by atoms with Crippen LogP contribution in [-0.4, -0.2) is 61.9 Å². The zero-order valence-electron chi connectivity index (χ0n) is 12.4. The van der Waals surface area contributed by atoms with Gasteiger partial charge in [0.05, 0.1) is 6.33 Å². The average Bonchev–Trinajstić information content (AvgIpc) is 2.89. The minimum atomic E-state index is -2.60. The standard InChI is InChI=1S/C12H17FN6O3/c1-11(13)9(22-4-12(11,20)21)19-5-15-6-7(18(2)3)16-10(14)17-8(6)19/h5,9,20-21H,4H2,1-3H3,(H2,14,16,17). The van der Waals surface area contributed by atoms with Crippen molar-refractivity contribution >= 4 is 22.9 Å². The van der Waals surface area contributed by atoms with Crippen LogP contribution in [0.5, 0.6) is 0 Å². The Morgan fingerprint density at radius 1 is 1.45 bits per heavy atom. The number of fused-ring (bicyclic) bond motifs is 1. The maximum Gasteiger partial charge on any atom is 0.226 e. The lowest BCUT2D eigenvalue weighted by Crippen LogP contribution is -2.49. The third kappa shape index (κ3) is 1.91. The molecule has 2 atom stereocenters. The van der Waals surface area contributed by atoms with E-state index in [1.807, 2.05) is 0 Å². The van der Waals surface area contributed by atoms with Gasteiger partial charge < -0.3 is 25.6 Å². The summed E-state index contributed by atoms with van der Waals surface area (Å²) < 4.78 is 21.2. The van der Waals surface area contributed by atoms with E-state index >= 15 is 0 Å². The van der Waals surface area contributed by atoms with E-state index in [4.69, 9.17) is 10.5 Å². The molecule has 10 heteroatoms. The van der Waals surface area contributed by atoms with Crippen molar-refractivity contribution in [3.63, 3.8) is 0 Å². The summed E-state index contributed by atoms with van der Waals surface area (Å²) >= 11 is 0. The second-order valence-corrected chi connectivity index (χ2v) is 5.68. The molecule has 2 unspecified atom stereocenters. The molecule has 3 heterocycles. The van der Waals surface area contributed by atoms with Gasteiger partial charge in [-0.15, -0.1) is 0 Å². The molecule has 0 spiro atoms. The molecule has 0 aliphatic carbocycles. The van der Waals surface area contributed by atoms with Crippen LogP contribution in [0.4, 0.5) is 16.2 Å². The van der Waals surface area contributed by atoms with Crippen molar-refractivity contribution in [1.82, 2.24) is 19.5 Å². The summed E-state index contributed by atoms with van der Waals surface area (Å²) in [6.45, 7) is 0.485. The SMILES string of the molecule is CN(C)c1nc(N)nc2c1ncn2C1OCC(O)(O)C1(C)F. The number of hydrogen-bond donors (Lipinski definition) is 3. The Hall–Kier alpha value is -2.04. The minimum absolute atomic E-state index is 0.00392. The number of anilines is 2. The Bertz CT molecular complexity index is 729. The number of alkyl halides is 1. The summed E-state index contributed by atoms with van der Waals surface area (Å²) in [7, 11) is 3.52. The number of imidazole rings is 1. The van der Waals surface area contributed by atoms with Gasteiger partial charge in [-0.05, 0) is 6.92 Å². The average molecular weight is 312 g/mol. The minimum Gasteiger partial charge on any atom is -0.368 e. The molecular formula is C12H17FN6O3. The first-order chi connectivity index (χ1) is 10.1. The molecule has 1 aliphatic rings. The van der Waals surface area contributed by atoms with Crippen molar-refractivity contribution < 1.29 is 19.3 Å². The maximum absolute atomic E-state index is 14.7. The molecule has 3 rings (SSSR count). The molecule has 2 aromatic heterocycles. The molecule has 9 nitrogen and oxygen atoms in total. The van der Waals surface area contributed by atoms with E-state index in [0.29, 0.717) is 11.3 Å². The zero-order valence-corrected chi connectivity index (χ0v) is 12.4. The highest BCUT2D eigenvalue weighted by molar-refractivity contribution is 5.84. The van der Waals surface area contributed by atoms with Crippen molar-refractivity contribution in [2.24, 2.45) is 0 Å². The van der Waals surface area contributed by atoms with Gasteiger partial charge in [0.25, 0.3) is 0 Å². The number of nitrogens with zero attached hydrogens (tertiary/aromatic N) is 5. The van der Waals surface area contributed by atoms with Crippen LogP contribution in [0, 0.1) is 0 Å². The monoisotopic (exact) mass is 312 g/mol. The number of nitrogen functional groups attached to an aromatic ring is 1. The normalized spacial score (nSPS) is 27.5. The summed E-state index contributed by atoms with van der Waals surface area (Å²) in [5, 5.41) is 19.4. The van der Waals surface area contributed by atoms with Crippen molar-refractivity contribution in [3.8, 4) is 0 Å². The summed E-state index contributed by atoms with van der Waals surface area (Å²) in [4.78, 5) is 14.0. The smallest absolute Gasteiger partial charge is 0.226 e. The molecule has 4 N–H and O–H groups in total. The third-order valence-corrected chi connectivity index (χ3v) is 3.79. The van der Waals surface area contributed by atoms with Crippen LogP contribution in [0.3, 0.4) is 0 Å². The summed E-state index contributed by atoms with van der Waals surface area (Å²) in [5.41, 5.74) is 3.90. The molecule has 0 amide bonds. The summed E-state index contributed by atoms with van der Waals surface area (Å²) in [6.07, 6.45) is 0.0205. The van der Waals surface area contributed by atoms with Gasteiger partial charge in [-0.2, -0.15) is 9.97 Å². The number of halogens is 1. The van der Waals surface area contributed by atoms with Gasteiger partial charge >= 0.3 is 0 Å². The molecule has 0 radical (unpaired) electrons. The fourth-order valence-corrected chi connectivity index (χ4v) is 2.43. The van der Waals surface area contributed by atoms with Gasteiger partial charge in [-0.25, -0.2) is 9.37 Å². The lowest BCUT2D eigenvalue weighted by Gasteiger charge is -2.29. The van der Waals surface area contributed by atoms with E-state index in [2.05, 4.69) is 15.0 Å². The van der Waals surface area contributed by atoms with Crippen molar-refractivity contribution in [3.05, 3.63) is 6.33 Å². The molecule has 1 aliphatic heterocycles. The molecule has 120 valence electrons. The third-order valence-electron chi connectivity index (χ3n) is 3.79. The molecule has 22 heavy (non-hydrogen) atoms. The molecule has 0 saturated carbocycles. The lowest BCUT2D eigenvalue weighted by atomic mass is 9.99. The Labute approximate surface area is 125 Å². The van der Waals surface area contributed by atoms with Crippen LogP contribution in [-0.2, 0) is 4.74 Å². The van der Waals surface area contributed by atoms with Crippen molar-refractivity contribution in [1.29, 1.82) is 0 Å². The van der Waals surface area contributed by atoms with E-state index in [1.165, 1.54) is 10.9 Å². The van der Waals surface area contributed by atoms with Gasteiger partial charge in [-0.3, -0.25) is 4.57 Å². The summed E-state index contributed by atoms with van der Waals surface area (Å²) in [6, 6.07) is 0. The number of nitrogens with two attached hydrogens (primary N) is 1. The molecular weight excluding hydrogens is 295 g/mol. The molecule has 1 saturated heterocycles. The lowest BCUT2D eigenvalue weighted by molar-refractivity contribution is -0.224. The van der Waals surface area contributed by atoms with Crippen LogP contribution < -0.4 is 10.6 Å². The first kappa shape index (κ1) is 14.9. The fraction of sp³-hybridized carbons (Fsp3) is 0.583. The highest BCUT2D eigenvalue weighted by Crippen LogP contribution is 2.44. The van der Waals surface area contributed by atoms with Gasteiger partial charge in [0.1, 0.15) is 6.61 Å². The molecule has 1 fully saturated rings. The van der Waals surface area contributed by atoms with Gasteiger partial charge in [0, 0.05) is 14.1 Å². The predicted octanol–water partition coefficient (Wildman–Crippen LogP) is -0.588. The van der Waals surface area contributed by atoms with Crippen molar-refractivity contribution in [2.45, 2.75) is 24.6 Å². The Balaban J connectivity index is 2.18. The largest absolute Gasteiger partial charge is 0.368 e. The second-order valence-electron chi connectivity index (χ2n) is 5.68.